The monoisotopic (exact) mass is 614 g/mol. The van der Waals surface area contributed by atoms with E-state index in [1.54, 1.807) is 17.0 Å². The van der Waals surface area contributed by atoms with Crippen LogP contribution in [-0.2, 0) is 16.7 Å². The van der Waals surface area contributed by atoms with Crippen molar-refractivity contribution in [2.75, 3.05) is 14.1 Å². The number of benzene rings is 5. The van der Waals surface area contributed by atoms with Gasteiger partial charge in [-0.05, 0) is 17.2 Å². The van der Waals surface area contributed by atoms with E-state index in [1.807, 2.05) is 129 Å². The fourth-order valence-corrected chi connectivity index (χ4v) is 5.78. The number of nitrogens with zero attached hydrogens (tertiary/aromatic N) is 3. The Balaban J connectivity index is 0.000000743. The van der Waals surface area contributed by atoms with Gasteiger partial charge in [-0.15, -0.1) is 0 Å². The summed E-state index contributed by atoms with van der Waals surface area (Å²) >= 11 is 0. The highest BCUT2D eigenvalue weighted by atomic mass is 32.2. The summed E-state index contributed by atoms with van der Waals surface area (Å²) < 4.78 is 37.4. The van der Waals surface area contributed by atoms with Gasteiger partial charge < -0.3 is 9.47 Å². The highest BCUT2D eigenvalue weighted by Gasteiger charge is 2.23. The minimum absolute atomic E-state index is 0.123. The molecule has 0 radical (unpaired) electrons. The Morgan fingerprint density at radius 3 is 1.67 bits per heavy atom. The summed E-state index contributed by atoms with van der Waals surface area (Å²) in [5.41, 5.74) is 6.56. The Morgan fingerprint density at radius 1 is 0.711 bits per heavy atom. The lowest BCUT2D eigenvalue weighted by Crippen LogP contribution is -2.07. The molecule has 0 aliphatic carbocycles. The van der Waals surface area contributed by atoms with Crippen molar-refractivity contribution in [3.8, 4) is 45.0 Å². The van der Waals surface area contributed by atoms with Crippen LogP contribution < -0.4 is 0 Å². The third-order valence-corrected chi connectivity index (χ3v) is 8.00. The van der Waals surface area contributed by atoms with Gasteiger partial charge in [-0.1, -0.05) is 133 Å². The Morgan fingerprint density at radius 2 is 1.18 bits per heavy atom. The fourth-order valence-electron chi connectivity index (χ4n) is 5.02. The summed E-state index contributed by atoms with van der Waals surface area (Å²) in [6.45, 7) is 0.339. The lowest BCUT2D eigenvalue weighted by atomic mass is 10.0. The van der Waals surface area contributed by atoms with Crippen LogP contribution >= 0.6 is 0 Å². The molecule has 226 valence electrons. The van der Waals surface area contributed by atoms with Crippen LogP contribution in [0.3, 0.4) is 0 Å². The second-order valence-corrected chi connectivity index (χ2v) is 12.0. The topological polar surface area (TPSA) is 99.3 Å². The van der Waals surface area contributed by atoms with E-state index in [2.05, 4.69) is 16.7 Å². The van der Waals surface area contributed by atoms with Gasteiger partial charge in [0.2, 0.25) is 0 Å². The minimum Gasteiger partial charge on any atom is -0.369 e. The van der Waals surface area contributed by atoms with Crippen LogP contribution in [0.15, 0.2) is 144 Å². The Kier molecular flexibility index (Phi) is 9.67. The number of imidazole rings is 1. The first kappa shape index (κ1) is 31.1. The van der Waals surface area contributed by atoms with Gasteiger partial charge in [0.25, 0.3) is 10.1 Å². The van der Waals surface area contributed by atoms with Crippen molar-refractivity contribution in [2.24, 2.45) is 0 Å². The normalized spacial score (nSPS) is 10.9. The molecule has 5 aromatic carbocycles. The van der Waals surface area contributed by atoms with Gasteiger partial charge in [-0.2, -0.15) is 8.42 Å². The molecule has 6 aromatic rings. The van der Waals surface area contributed by atoms with E-state index >= 15 is 0 Å². The largest absolute Gasteiger partial charge is 0.369 e. The van der Waals surface area contributed by atoms with E-state index in [4.69, 9.17) is 10.4 Å². The van der Waals surface area contributed by atoms with Crippen molar-refractivity contribution in [1.29, 1.82) is 5.41 Å². The Labute approximate surface area is 264 Å². The van der Waals surface area contributed by atoms with E-state index in [9.17, 15) is 13.0 Å². The molecule has 2 N–H and O–H groups in total. The number of nitrogens with one attached hydrogen (secondary N) is 1. The molecular weight excluding hydrogens is 580 g/mol. The van der Waals surface area contributed by atoms with Gasteiger partial charge in [0.1, 0.15) is 10.7 Å². The van der Waals surface area contributed by atoms with Gasteiger partial charge >= 0.3 is 0 Å². The second-order valence-electron chi connectivity index (χ2n) is 10.6. The molecule has 8 heteroatoms. The molecule has 0 aliphatic rings. The second kappa shape index (κ2) is 14.0. The van der Waals surface area contributed by atoms with Crippen LogP contribution in [-0.4, -0.2) is 47.9 Å². The van der Waals surface area contributed by atoms with Gasteiger partial charge in [0, 0.05) is 42.9 Å². The SMILES string of the molecule is CN(C)C=N.O=S(=O)(O)c1cc(Cn2c(-c3ccccc3)nc(-c3ccccc3)c2-c2ccccc2)ccc1-c1ccccc1. The first-order chi connectivity index (χ1) is 21.8. The zero-order valence-electron chi connectivity index (χ0n) is 25.1. The van der Waals surface area contributed by atoms with E-state index in [0.717, 1.165) is 39.5 Å². The highest BCUT2D eigenvalue weighted by Crippen LogP contribution is 2.37. The molecule has 0 spiro atoms. The van der Waals surface area contributed by atoms with Crippen molar-refractivity contribution in [3.63, 3.8) is 0 Å². The molecule has 1 heterocycles. The fraction of sp³-hybridized carbons (Fsp3) is 0.0811. The standard InChI is InChI=1S/C34H26N2O3S.C3H8N2/c37-40(38,39)31-23-25(21-22-30(31)26-13-5-1-6-14-26)24-36-33(28-17-9-3-10-18-28)32(27-15-7-2-8-16-27)35-34(36)29-19-11-4-12-20-29;1-5(2)3-4/h1-23H,24H2,(H,37,38,39);3-4H,1-2H3. The summed E-state index contributed by atoms with van der Waals surface area (Å²) in [4.78, 5) is 6.70. The van der Waals surface area contributed by atoms with Crippen molar-refractivity contribution in [2.45, 2.75) is 11.4 Å². The number of rotatable bonds is 8. The maximum atomic E-state index is 12.5. The van der Waals surface area contributed by atoms with Crippen LogP contribution in [0.5, 0.6) is 0 Å². The Hall–Kier alpha value is -5.31. The molecule has 0 bridgehead atoms. The summed E-state index contributed by atoms with van der Waals surface area (Å²) in [5, 5.41) is 6.46. The molecule has 0 atom stereocenters. The molecule has 0 saturated carbocycles. The van der Waals surface area contributed by atoms with Crippen LogP contribution in [0.4, 0.5) is 0 Å². The molecule has 0 saturated heterocycles. The van der Waals surface area contributed by atoms with Crippen LogP contribution in [0.1, 0.15) is 5.56 Å². The average molecular weight is 615 g/mol. The van der Waals surface area contributed by atoms with Gasteiger partial charge in [0.05, 0.1) is 17.7 Å². The van der Waals surface area contributed by atoms with Crippen molar-refractivity contribution in [1.82, 2.24) is 14.5 Å². The van der Waals surface area contributed by atoms with E-state index < -0.39 is 10.1 Å². The van der Waals surface area contributed by atoms with E-state index in [1.165, 1.54) is 6.34 Å². The highest BCUT2D eigenvalue weighted by molar-refractivity contribution is 7.86. The van der Waals surface area contributed by atoms with Crippen molar-refractivity contribution < 1.29 is 13.0 Å². The molecule has 7 nitrogen and oxygen atoms in total. The van der Waals surface area contributed by atoms with E-state index in [-0.39, 0.29) is 4.90 Å². The quantitative estimate of drug-likeness (QED) is 0.103. The molecule has 45 heavy (non-hydrogen) atoms. The summed E-state index contributed by atoms with van der Waals surface area (Å²) in [6.07, 6.45) is 1.25. The Bertz CT molecular complexity index is 1980. The number of hydrogen-bond acceptors (Lipinski definition) is 4. The van der Waals surface area contributed by atoms with Gasteiger partial charge in [-0.25, -0.2) is 4.98 Å². The van der Waals surface area contributed by atoms with Gasteiger partial charge in [0.15, 0.2) is 0 Å². The minimum atomic E-state index is -4.48. The van der Waals surface area contributed by atoms with E-state index in [0.29, 0.717) is 17.7 Å². The predicted molar refractivity (Wildman–Crippen MR) is 182 cm³/mol. The maximum absolute atomic E-state index is 12.5. The molecule has 0 unspecified atom stereocenters. The molecule has 0 aliphatic heterocycles. The number of hydrogen-bond donors (Lipinski definition) is 2. The van der Waals surface area contributed by atoms with Crippen molar-refractivity contribution in [3.05, 3.63) is 145 Å². The smallest absolute Gasteiger partial charge is 0.295 e. The van der Waals surface area contributed by atoms with Crippen LogP contribution in [0.25, 0.3) is 45.0 Å². The molecule has 0 amide bonds. The van der Waals surface area contributed by atoms with Gasteiger partial charge in [-0.3, -0.25) is 9.96 Å². The average Bonchev–Trinajstić information content (AvgIpc) is 3.45. The predicted octanol–water partition coefficient (Wildman–Crippen LogP) is 8.00. The molecular formula is C37H34N4O3S. The zero-order valence-corrected chi connectivity index (χ0v) is 25.9. The lowest BCUT2D eigenvalue weighted by molar-refractivity contribution is 0.483. The maximum Gasteiger partial charge on any atom is 0.295 e. The first-order valence-electron chi connectivity index (χ1n) is 14.4. The number of aromatic nitrogens is 2. The first-order valence-corrected chi connectivity index (χ1v) is 15.8. The summed E-state index contributed by atoms with van der Waals surface area (Å²) in [5.74, 6) is 0.763. The molecule has 1 aromatic heterocycles. The lowest BCUT2D eigenvalue weighted by Gasteiger charge is -2.15. The van der Waals surface area contributed by atoms with Crippen molar-refractivity contribution >= 4 is 16.5 Å². The third-order valence-electron chi connectivity index (χ3n) is 7.10. The summed E-state index contributed by atoms with van der Waals surface area (Å²) in [7, 11) is -0.859. The van der Waals surface area contributed by atoms with Crippen LogP contribution in [0, 0.1) is 5.41 Å². The van der Waals surface area contributed by atoms with Crippen LogP contribution in [0.2, 0.25) is 0 Å². The summed E-state index contributed by atoms with van der Waals surface area (Å²) in [6, 6.07) is 44.5. The zero-order chi connectivity index (χ0) is 31.8. The molecule has 6 rings (SSSR count). The third kappa shape index (κ3) is 7.44. The molecule has 0 fully saturated rings.